The summed E-state index contributed by atoms with van der Waals surface area (Å²) in [6.45, 7) is 6.76. The molecule has 0 amide bonds. The van der Waals surface area contributed by atoms with Crippen molar-refractivity contribution in [1.82, 2.24) is 5.32 Å². The van der Waals surface area contributed by atoms with E-state index in [2.05, 4.69) is 5.32 Å². The summed E-state index contributed by atoms with van der Waals surface area (Å²) in [5, 5.41) is 8.24. The molecule has 108 valence electrons. The van der Waals surface area contributed by atoms with Crippen LogP contribution in [0.25, 0.3) is 0 Å². The zero-order valence-corrected chi connectivity index (χ0v) is 12.3. The summed E-state index contributed by atoms with van der Waals surface area (Å²) in [6.07, 6.45) is 0.764. The number of hydrogen-bond donors (Lipinski definition) is 2. The number of nitrogens with two attached hydrogens (primary N) is 1. The van der Waals surface area contributed by atoms with Crippen LogP contribution in [-0.2, 0) is 10.0 Å². The van der Waals surface area contributed by atoms with Gasteiger partial charge in [0.2, 0.25) is 10.0 Å². The predicted molar refractivity (Wildman–Crippen MR) is 73.9 cm³/mol. The van der Waals surface area contributed by atoms with E-state index in [1.54, 1.807) is 0 Å². The number of rotatable bonds is 6. The normalized spacial score (nSPS) is 15.2. The van der Waals surface area contributed by atoms with E-state index in [9.17, 15) is 12.8 Å². The Kier molecular flexibility index (Phi) is 5.46. The summed E-state index contributed by atoms with van der Waals surface area (Å²) in [4.78, 5) is -0.195. The van der Waals surface area contributed by atoms with Gasteiger partial charge in [-0.05, 0) is 37.6 Å². The summed E-state index contributed by atoms with van der Waals surface area (Å²) < 4.78 is 36.4. The lowest BCUT2D eigenvalue weighted by atomic mass is 9.89. The topological polar surface area (TPSA) is 72.2 Å². The first-order valence-electron chi connectivity index (χ1n) is 6.36. The van der Waals surface area contributed by atoms with Gasteiger partial charge in [0.1, 0.15) is 5.82 Å². The van der Waals surface area contributed by atoms with E-state index in [1.807, 2.05) is 20.8 Å². The Labute approximate surface area is 114 Å². The highest BCUT2D eigenvalue weighted by Gasteiger charge is 2.21. The molecule has 0 heterocycles. The molecule has 1 aromatic rings. The minimum Gasteiger partial charge on any atom is -0.314 e. The third-order valence-corrected chi connectivity index (χ3v) is 4.18. The number of halogens is 1. The number of primary sulfonamides is 1. The average molecular weight is 288 g/mol. The third kappa shape index (κ3) is 3.99. The Morgan fingerprint density at radius 2 is 2.00 bits per heavy atom. The quantitative estimate of drug-likeness (QED) is 0.840. The SMILES string of the molecule is CCNC(C)C(CC)c1ccc(S(N)(=O)=O)cc1F. The van der Waals surface area contributed by atoms with E-state index < -0.39 is 15.8 Å². The van der Waals surface area contributed by atoms with Crippen LogP contribution in [0.1, 0.15) is 38.7 Å². The fraction of sp³-hybridized carbons (Fsp3) is 0.538. The van der Waals surface area contributed by atoms with Crippen LogP contribution in [0.3, 0.4) is 0 Å². The van der Waals surface area contributed by atoms with Gasteiger partial charge in [0.15, 0.2) is 0 Å². The lowest BCUT2D eigenvalue weighted by Gasteiger charge is -2.24. The molecule has 1 aromatic carbocycles. The van der Waals surface area contributed by atoms with Crippen molar-refractivity contribution in [3.05, 3.63) is 29.6 Å². The maximum Gasteiger partial charge on any atom is 0.238 e. The maximum atomic E-state index is 14.1. The average Bonchev–Trinajstić information content (AvgIpc) is 2.31. The highest BCUT2D eigenvalue weighted by molar-refractivity contribution is 7.89. The molecule has 0 aliphatic rings. The van der Waals surface area contributed by atoms with Gasteiger partial charge in [-0.1, -0.05) is 19.9 Å². The molecule has 0 spiro atoms. The fourth-order valence-electron chi connectivity index (χ4n) is 2.29. The molecule has 3 N–H and O–H groups in total. The first kappa shape index (κ1) is 16.1. The highest BCUT2D eigenvalue weighted by atomic mass is 32.2. The molecule has 2 unspecified atom stereocenters. The van der Waals surface area contributed by atoms with E-state index in [0.29, 0.717) is 5.56 Å². The van der Waals surface area contributed by atoms with Crippen molar-refractivity contribution >= 4 is 10.0 Å². The summed E-state index contributed by atoms with van der Waals surface area (Å²) >= 11 is 0. The molecule has 1 rings (SSSR count). The summed E-state index contributed by atoms with van der Waals surface area (Å²) in [7, 11) is -3.86. The predicted octanol–water partition coefficient (Wildman–Crippen LogP) is 1.96. The smallest absolute Gasteiger partial charge is 0.238 e. The highest BCUT2D eigenvalue weighted by Crippen LogP contribution is 2.27. The van der Waals surface area contributed by atoms with Crippen LogP contribution in [0, 0.1) is 5.82 Å². The molecule has 2 atom stereocenters. The van der Waals surface area contributed by atoms with Gasteiger partial charge in [0.25, 0.3) is 0 Å². The van der Waals surface area contributed by atoms with E-state index >= 15 is 0 Å². The Balaban J connectivity index is 3.13. The van der Waals surface area contributed by atoms with Crippen molar-refractivity contribution in [3.8, 4) is 0 Å². The van der Waals surface area contributed by atoms with Crippen molar-refractivity contribution in [2.24, 2.45) is 5.14 Å². The molecule has 0 aliphatic carbocycles. The van der Waals surface area contributed by atoms with Crippen LogP contribution in [0.4, 0.5) is 4.39 Å². The maximum absolute atomic E-state index is 14.1. The van der Waals surface area contributed by atoms with Gasteiger partial charge in [-0.25, -0.2) is 17.9 Å². The molecule has 0 aliphatic heterocycles. The lowest BCUT2D eigenvalue weighted by molar-refractivity contribution is 0.443. The van der Waals surface area contributed by atoms with Gasteiger partial charge in [-0.2, -0.15) is 0 Å². The summed E-state index contributed by atoms with van der Waals surface area (Å²) in [6, 6.07) is 3.97. The first-order chi connectivity index (χ1) is 8.81. The number of sulfonamides is 1. The molecule has 0 saturated carbocycles. The van der Waals surface area contributed by atoms with Crippen LogP contribution in [0.5, 0.6) is 0 Å². The molecule has 0 aromatic heterocycles. The molecular weight excluding hydrogens is 267 g/mol. The Morgan fingerprint density at radius 3 is 2.42 bits per heavy atom. The second kappa shape index (κ2) is 6.45. The van der Waals surface area contributed by atoms with Crippen LogP contribution >= 0.6 is 0 Å². The van der Waals surface area contributed by atoms with Gasteiger partial charge in [0.05, 0.1) is 4.90 Å². The lowest BCUT2D eigenvalue weighted by Crippen LogP contribution is -2.32. The largest absolute Gasteiger partial charge is 0.314 e. The van der Waals surface area contributed by atoms with E-state index in [4.69, 9.17) is 5.14 Å². The molecule has 19 heavy (non-hydrogen) atoms. The minimum absolute atomic E-state index is 0.00511. The van der Waals surface area contributed by atoms with Crippen molar-refractivity contribution in [3.63, 3.8) is 0 Å². The zero-order chi connectivity index (χ0) is 14.6. The monoisotopic (exact) mass is 288 g/mol. The van der Waals surface area contributed by atoms with E-state index in [-0.39, 0.29) is 16.9 Å². The van der Waals surface area contributed by atoms with Crippen LogP contribution in [0.15, 0.2) is 23.1 Å². The molecule has 0 saturated heterocycles. The number of likely N-dealkylation sites (N-methyl/N-ethyl adjacent to an activating group) is 1. The summed E-state index contributed by atoms with van der Waals surface area (Å²) in [5.74, 6) is -0.530. The molecule has 0 radical (unpaired) electrons. The summed E-state index contributed by atoms with van der Waals surface area (Å²) in [5.41, 5.74) is 0.517. The van der Waals surface area contributed by atoms with Gasteiger partial charge in [0, 0.05) is 12.0 Å². The second-order valence-electron chi connectivity index (χ2n) is 4.59. The number of benzene rings is 1. The molecule has 0 bridgehead atoms. The van der Waals surface area contributed by atoms with E-state index in [1.165, 1.54) is 12.1 Å². The van der Waals surface area contributed by atoms with E-state index in [0.717, 1.165) is 19.0 Å². The molecule has 4 nitrogen and oxygen atoms in total. The Hall–Kier alpha value is -0.980. The third-order valence-electron chi connectivity index (χ3n) is 3.27. The van der Waals surface area contributed by atoms with Crippen LogP contribution in [-0.4, -0.2) is 21.0 Å². The van der Waals surface area contributed by atoms with Crippen molar-refractivity contribution in [2.45, 2.75) is 44.0 Å². The van der Waals surface area contributed by atoms with Crippen LogP contribution < -0.4 is 10.5 Å². The number of hydrogen-bond acceptors (Lipinski definition) is 3. The fourth-order valence-corrected chi connectivity index (χ4v) is 2.82. The molecule has 0 fully saturated rings. The van der Waals surface area contributed by atoms with Crippen molar-refractivity contribution < 1.29 is 12.8 Å². The Bertz CT molecular complexity index is 531. The second-order valence-corrected chi connectivity index (χ2v) is 6.15. The van der Waals surface area contributed by atoms with Crippen molar-refractivity contribution in [1.29, 1.82) is 0 Å². The van der Waals surface area contributed by atoms with Gasteiger partial charge in [-0.3, -0.25) is 0 Å². The van der Waals surface area contributed by atoms with Gasteiger partial charge < -0.3 is 5.32 Å². The van der Waals surface area contributed by atoms with Crippen LogP contribution in [0.2, 0.25) is 0 Å². The first-order valence-corrected chi connectivity index (χ1v) is 7.91. The number of nitrogens with one attached hydrogen (secondary N) is 1. The standard InChI is InChI=1S/C13H21FN2O2S/c1-4-11(9(3)16-5-2)12-7-6-10(8-13(12)14)19(15,17)18/h6-9,11,16H,4-5H2,1-3H3,(H2,15,17,18). The molecule has 6 heteroatoms. The van der Waals surface area contributed by atoms with Gasteiger partial charge in [-0.15, -0.1) is 0 Å². The van der Waals surface area contributed by atoms with Gasteiger partial charge >= 0.3 is 0 Å². The molecular formula is C13H21FN2O2S. The minimum atomic E-state index is -3.86. The Morgan fingerprint density at radius 1 is 1.37 bits per heavy atom. The zero-order valence-electron chi connectivity index (χ0n) is 11.5. The van der Waals surface area contributed by atoms with Crippen molar-refractivity contribution in [2.75, 3.05) is 6.54 Å².